The molecule has 80 valence electrons. The molecule has 1 aromatic rings. The summed E-state index contributed by atoms with van der Waals surface area (Å²) in [5.41, 5.74) is 2.55. The largest absolute Gasteiger partial charge is 0.390 e. The molecule has 0 amide bonds. The Morgan fingerprint density at radius 3 is 3.00 bits per heavy atom. The Morgan fingerprint density at radius 2 is 2.20 bits per heavy atom. The van der Waals surface area contributed by atoms with E-state index in [0.29, 0.717) is 0 Å². The van der Waals surface area contributed by atoms with Gasteiger partial charge in [0.05, 0.1) is 5.60 Å². The van der Waals surface area contributed by atoms with E-state index in [2.05, 4.69) is 18.2 Å². The quantitative estimate of drug-likeness (QED) is 0.827. The summed E-state index contributed by atoms with van der Waals surface area (Å²) in [6.45, 7) is 0. The van der Waals surface area contributed by atoms with Gasteiger partial charge >= 0.3 is 0 Å². The van der Waals surface area contributed by atoms with E-state index in [1.165, 1.54) is 34.6 Å². The molecule has 1 saturated carbocycles. The van der Waals surface area contributed by atoms with Crippen LogP contribution in [0.5, 0.6) is 0 Å². The lowest BCUT2D eigenvalue weighted by Gasteiger charge is -2.20. The molecule has 1 fully saturated rings. The average molecular weight is 220 g/mol. The van der Waals surface area contributed by atoms with Gasteiger partial charge in [0, 0.05) is 11.3 Å². The van der Waals surface area contributed by atoms with Crippen molar-refractivity contribution < 1.29 is 5.11 Å². The second kappa shape index (κ2) is 3.53. The number of hydrogen-bond donors (Lipinski definition) is 1. The van der Waals surface area contributed by atoms with E-state index in [9.17, 15) is 5.11 Å². The Hall–Kier alpha value is -0.470. The molecule has 1 N–H and O–H groups in total. The smallest absolute Gasteiger partial charge is 0.0690 e. The highest BCUT2D eigenvalue weighted by Gasteiger charge is 2.40. The van der Waals surface area contributed by atoms with Crippen LogP contribution in [0.15, 0.2) is 23.1 Å². The molecule has 2 aliphatic rings. The van der Waals surface area contributed by atoms with Crippen molar-refractivity contribution in [3.63, 3.8) is 0 Å². The molecule has 1 aliphatic heterocycles. The zero-order chi connectivity index (χ0) is 10.3. The van der Waals surface area contributed by atoms with Gasteiger partial charge in [0.1, 0.15) is 0 Å². The first-order chi connectivity index (χ1) is 7.27. The number of fused-ring (bicyclic) bond motifs is 1. The second-order valence-corrected chi connectivity index (χ2v) is 5.88. The highest BCUT2D eigenvalue weighted by Crippen LogP contribution is 2.41. The first-order valence-electron chi connectivity index (χ1n) is 5.73. The fraction of sp³-hybridized carbons (Fsp3) is 0.538. The maximum Gasteiger partial charge on any atom is 0.0690 e. The van der Waals surface area contributed by atoms with E-state index in [0.717, 1.165) is 19.3 Å². The van der Waals surface area contributed by atoms with E-state index in [1.807, 2.05) is 11.8 Å². The Kier molecular flexibility index (Phi) is 2.29. The molecule has 0 aromatic heterocycles. The molecule has 15 heavy (non-hydrogen) atoms. The van der Waals surface area contributed by atoms with Crippen LogP contribution in [0.2, 0.25) is 0 Å². The van der Waals surface area contributed by atoms with Gasteiger partial charge in [-0.25, -0.2) is 0 Å². The van der Waals surface area contributed by atoms with Crippen LogP contribution < -0.4 is 0 Å². The molecule has 0 saturated heterocycles. The van der Waals surface area contributed by atoms with Crippen molar-refractivity contribution in [2.45, 2.75) is 42.6 Å². The van der Waals surface area contributed by atoms with Crippen molar-refractivity contribution in [3.8, 4) is 0 Å². The molecule has 0 spiro atoms. The topological polar surface area (TPSA) is 20.2 Å². The van der Waals surface area contributed by atoms with Gasteiger partial charge in [0.15, 0.2) is 0 Å². The van der Waals surface area contributed by atoms with E-state index >= 15 is 0 Å². The molecule has 3 rings (SSSR count). The third-order valence-corrected chi connectivity index (χ3v) is 4.59. The summed E-state index contributed by atoms with van der Waals surface area (Å²) in [6, 6.07) is 6.55. The maximum absolute atomic E-state index is 9.98. The fourth-order valence-electron chi connectivity index (χ4n) is 2.30. The van der Waals surface area contributed by atoms with E-state index in [1.54, 1.807) is 0 Å². The van der Waals surface area contributed by atoms with Crippen LogP contribution >= 0.6 is 11.8 Å². The van der Waals surface area contributed by atoms with E-state index in [-0.39, 0.29) is 5.60 Å². The number of benzene rings is 1. The number of thioether (sulfide) groups is 1. The van der Waals surface area contributed by atoms with Crippen molar-refractivity contribution in [2.24, 2.45) is 0 Å². The Labute approximate surface area is 94.9 Å². The molecular weight excluding hydrogens is 204 g/mol. The SMILES string of the molecule is OC1(Cc2cccc3c2CCCS3)CC1. The lowest BCUT2D eigenvalue weighted by molar-refractivity contribution is 0.150. The number of hydrogen-bond acceptors (Lipinski definition) is 2. The minimum Gasteiger partial charge on any atom is -0.390 e. The van der Waals surface area contributed by atoms with Gasteiger partial charge in [-0.1, -0.05) is 12.1 Å². The van der Waals surface area contributed by atoms with Gasteiger partial charge in [-0.15, -0.1) is 11.8 Å². The highest BCUT2D eigenvalue weighted by molar-refractivity contribution is 7.99. The molecule has 1 aliphatic carbocycles. The average Bonchev–Trinajstić information content (AvgIpc) is 2.97. The van der Waals surface area contributed by atoms with Gasteiger partial charge < -0.3 is 5.11 Å². The van der Waals surface area contributed by atoms with Crippen LogP contribution in [-0.4, -0.2) is 16.5 Å². The first kappa shape index (κ1) is 9.73. The molecule has 1 heterocycles. The van der Waals surface area contributed by atoms with Crippen LogP contribution in [0.3, 0.4) is 0 Å². The summed E-state index contributed by atoms with van der Waals surface area (Å²) in [4.78, 5) is 1.45. The summed E-state index contributed by atoms with van der Waals surface area (Å²) in [6.07, 6.45) is 5.34. The highest BCUT2D eigenvalue weighted by atomic mass is 32.2. The zero-order valence-corrected chi connectivity index (χ0v) is 9.65. The molecule has 2 heteroatoms. The summed E-state index contributed by atoms with van der Waals surface area (Å²) in [5.74, 6) is 1.25. The summed E-state index contributed by atoms with van der Waals surface area (Å²) < 4.78 is 0. The van der Waals surface area contributed by atoms with Crippen LogP contribution in [0, 0.1) is 0 Å². The van der Waals surface area contributed by atoms with E-state index in [4.69, 9.17) is 0 Å². The lowest BCUT2D eigenvalue weighted by Crippen LogP contribution is -2.14. The normalized spacial score (nSPS) is 22.2. The minimum atomic E-state index is -0.350. The molecule has 0 unspecified atom stereocenters. The van der Waals surface area contributed by atoms with Crippen molar-refractivity contribution in [2.75, 3.05) is 5.75 Å². The summed E-state index contributed by atoms with van der Waals surface area (Å²) in [5, 5.41) is 9.98. The molecule has 1 aromatic carbocycles. The Bertz CT molecular complexity index is 382. The van der Waals surface area contributed by atoms with Gasteiger partial charge in [0.2, 0.25) is 0 Å². The summed E-state index contributed by atoms with van der Waals surface area (Å²) >= 11 is 1.97. The number of rotatable bonds is 2. The number of aliphatic hydroxyl groups is 1. The van der Waals surface area contributed by atoms with Gasteiger partial charge in [-0.05, 0) is 48.6 Å². The van der Waals surface area contributed by atoms with Gasteiger partial charge in [0.25, 0.3) is 0 Å². The lowest BCUT2D eigenvalue weighted by atomic mass is 9.97. The molecule has 0 bridgehead atoms. The Balaban J connectivity index is 1.92. The maximum atomic E-state index is 9.98. The standard InChI is InChI=1S/C13H16OS/c14-13(6-7-13)9-10-3-1-5-12-11(10)4-2-8-15-12/h1,3,5,14H,2,4,6-9H2. The Morgan fingerprint density at radius 1 is 1.33 bits per heavy atom. The van der Waals surface area contributed by atoms with Crippen LogP contribution in [-0.2, 0) is 12.8 Å². The van der Waals surface area contributed by atoms with Gasteiger partial charge in [-0.3, -0.25) is 0 Å². The van der Waals surface area contributed by atoms with Crippen molar-refractivity contribution in [1.82, 2.24) is 0 Å². The van der Waals surface area contributed by atoms with Crippen molar-refractivity contribution in [3.05, 3.63) is 29.3 Å². The van der Waals surface area contributed by atoms with Crippen molar-refractivity contribution in [1.29, 1.82) is 0 Å². The minimum absolute atomic E-state index is 0.350. The second-order valence-electron chi connectivity index (χ2n) is 4.75. The van der Waals surface area contributed by atoms with E-state index < -0.39 is 0 Å². The zero-order valence-electron chi connectivity index (χ0n) is 8.83. The molecular formula is C13H16OS. The third-order valence-electron chi connectivity index (χ3n) is 3.41. The van der Waals surface area contributed by atoms with Crippen LogP contribution in [0.4, 0.5) is 0 Å². The molecule has 0 atom stereocenters. The monoisotopic (exact) mass is 220 g/mol. The molecule has 0 radical (unpaired) electrons. The predicted octanol–water partition coefficient (Wildman–Crippen LogP) is 2.79. The first-order valence-corrected chi connectivity index (χ1v) is 6.71. The van der Waals surface area contributed by atoms with Crippen LogP contribution in [0.1, 0.15) is 30.4 Å². The summed E-state index contributed by atoms with van der Waals surface area (Å²) in [7, 11) is 0. The predicted molar refractivity (Wildman–Crippen MR) is 63.4 cm³/mol. The van der Waals surface area contributed by atoms with Gasteiger partial charge in [-0.2, -0.15) is 0 Å². The molecule has 1 nitrogen and oxygen atoms in total. The van der Waals surface area contributed by atoms with Crippen molar-refractivity contribution >= 4 is 11.8 Å². The third kappa shape index (κ3) is 1.93. The fourth-order valence-corrected chi connectivity index (χ4v) is 3.39. The van der Waals surface area contributed by atoms with Crippen LogP contribution in [0.25, 0.3) is 0 Å².